The Morgan fingerprint density at radius 1 is 0.460 bits per heavy atom. The lowest BCUT2D eigenvalue weighted by atomic mass is 9.82. The Kier molecular flexibility index (Phi) is 7.84. The number of hydrogen-bond acceptors (Lipinski definition) is 3. The van der Waals surface area contributed by atoms with Gasteiger partial charge in [0.2, 0.25) is 0 Å². The lowest BCUT2D eigenvalue weighted by Gasteiger charge is -2.28. The van der Waals surface area contributed by atoms with Gasteiger partial charge in [0.1, 0.15) is 22.3 Å². The highest BCUT2D eigenvalue weighted by Crippen LogP contribution is 2.53. The van der Waals surface area contributed by atoms with Crippen molar-refractivity contribution < 1.29 is 8.83 Å². The van der Waals surface area contributed by atoms with Crippen LogP contribution in [0, 0.1) is 0 Å². The molecule has 2 aliphatic carbocycles. The lowest BCUT2D eigenvalue weighted by molar-refractivity contribution is 0.660. The summed E-state index contributed by atoms with van der Waals surface area (Å²) in [6.07, 6.45) is 1.88. The second-order valence-electron chi connectivity index (χ2n) is 17.9. The largest absolute Gasteiger partial charge is 0.456 e. The fourth-order valence-corrected chi connectivity index (χ4v) is 11.2. The van der Waals surface area contributed by atoms with Crippen LogP contribution in [0.15, 0.2) is 203 Å². The van der Waals surface area contributed by atoms with Crippen LogP contribution in [0.3, 0.4) is 0 Å². The topological polar surface area (TPSA) is 29.5 Å². The lowest BCUT2D eigenvalue weighted by Crippen LogP contribution is -2.16. The molecule has 1 unspecified atom stereocenters. The van der Waals surface area contributed by atoms with Crippen molar-refractivity contribution in [3.63, 3.8) is 0 Å². The van der Waals surface area contributed by atoms with Crippen molar-refractivity contribution in [2.75, 3.05) is 4.90 Å². The number of nitrogens with zero attached hydrogens (tertiary/aromatic N) is 1. The highest BCUT2D eigenvalue weighted by Gasteiger charge is 2.36. The predicted molar refractivity (Wildman–Crippen MR) is 261 cm³/mol. The molecule has 2 aliphatic rings. The summed E-state index contributed by atoms with van der Waals surface area (Å²) in [6.45, 7) is 4.71. The number of para-hydroxylation sites is 3. The van der Waals surface area contributed by atoms with Crippen molar-refractivity contribution in [3.05, 3.63) is 222 Å². The van der Waals surface area contributed by atoms with Crippen molar-refractivity contribution in [2.24, 2.45) is 0 Å². The summed E-state index contributed by atoms with van der Waals surface area (Å²) >= 11 is 0. The van der Waals surface area contributed by atoms with Crippen LogP contribution in [-0.4, -0.2) is 0 Å². The first-order chi connectivity index (χ1) is 31.0. The second kappa shape index (κ2) is 13.7. The molecule has 2 aromatic heterocycles. The molecule has 3 nitrogen and oxygen atoms in total. The van der Waals surface area contributed by atoms with E-state index in [2.05, 4.69) is 207 Å². The average molecular weight is 810 g/mol. The summed E-state index contributed by atoms with van der Waals surface area (Å²) in [4.78, 5) is 2.41. The molecule has 3 heteroatoms. The van der Waals surface area contributed by atoms with Gasteiger partial charge >= 0.3 is 0 Å². The van der Waals surface area contributed by atoms with Crippen LogP contribution in [-0.2, 0) is 11.8 Å². The summed E-state index contributed by atoms with van der Waals surface area (Å²) < 4.78 is 13.2. The van der Waals surface area contributed by atoms with Crippen LogP contribution in [0.1, 0.15) is 54.0 Å². The van der Waals surface area contributed by atoms with E-state index in [-0.39, 0.29) is 11.3 Å². The van der Waals surface area contributed by atoms with Gasteiger partial charge in [0.25, 0.3) is 0 Å². The minimum atomic E-state index is -0.0890. The molecule has 0 bridgehead atoms. The Morgan fingerprint density at radius 3 is 1.94 bits per heavy atom. The summed E-state index contributed by atoms with van der Waals surface area (Å²) in [7, 11) is 0. The van der Waals surface area contributed by atoms with Gasteiger partial charge < -0.3 is 13.7 Å². The van der Waals surface area contributed by atoms with Gasteiger partial charge in [-0.1, -0.05) is 141 Å². The highest BCUT2D eigenvalue weighted by molar-refractivity contribution is 6.18. The number of hydrogen-bond donors (Lipinski definition) is 0. The number of anilines is 3. The Hall–Kier alpha value is -7.62. The summed E-state index contributed by atoms with van der Waals surface area (Å²) in [5, 5.41) is 4.55. The fourth-order valence-electron chi connectivity index (χ4n) is 11.2. The molecule has 11 aromatic rings. The fraction of sp³-hybridized carbons (Fsp3) is 0.100. The van der Waals surface area contributed by atoms with Crippen LogP contribution < -0.4 is 4.90 Å². The summed E-state index contributed by atoms with van der Waals surface area (Å²) in [5.41, 5.74) is 21.3. The molecular formula is C60H43NO2. The maximum absolute atomic E-state index is 6.69. The predicted octanol–water partition coefficient (Wildman–Crippen LogP) is 16.7. The highest BCUT2D eigenvalue weighted by atomic mass is 16.3. The molecule has 0 saturated heterocycles. The first kappa shape index (κ1) is 36.1. The molecule has 2 heterocycles. The van der Waals surface area contributed by atoms with Gasteiger partial charge in [0, 0.05) is 55.5 Å². The Labute approximate surface area is 366 Å². The van der Waals surface area contributed by atoms with E-state index in [0.29, 0.717) is 0 Å². The molecular weight excluding hydrogens is 767 g/mol. The number of aryl methyl sites for hydroxylation is 1. The van der Waals surface area contributed by atoms with Crippen molar-refractivity contribution in [3.8, 4) is 33.4 Å². The molecule has 0 amide bonds. The summed E-state index contributed by atoms with van der Waals surface area (Å²) in [5.74, 6) is 0.195. The number of fused-ring (bicyclic) bond motifs is 12. The van der Waals surface area contributed by atoms with E-state index in [1.807, 2.05) is 6.07 Å². The van der Waals surface area contributed by atoms with Crippen molar-refractivity contribution in [1.82, 2.24) is 0 Å². The third-order valence-corrected chi connectivity index (χ3v) is 14.1. The third-order valence-electron chi connectivity index (χ3n) is 14.1. The van der Waals surface area contributed by atoms with Gasteiger partial charge in [-0.3, -0.25) is 0 Å². The van der Waals surface area contributed by atoms with E-state index in [1.54, 1.807) is 0 Å². The molecule has 9 aromatic carbocycles. The molecule has 0 fully saturated rings. The van der Waals surface area contributed by atoms with Crippen molar-refractivity contribution >= 4 is 60.9 Å². The molecule has 1 atom stereocenters. The molecule has 0 saturated carbocycles. The summed E-state index contributed by atoms with van der Waals surface area (Å²) in [6, 6.07) is 71.0. The zero-order valence-electron chi connectivity index (χ0n) is 35.2. The molecule has 63 heavy (non-hydrogen) atoms. The third kappa shape index (κ3) is 5.46. The molecule has 0 N–H and O–H groups in total. The second-order valence-corrected chi connectivity index (χ2v) is 17.9. The van der Waals surface area contributed by atoms with Crippen LogP contribution in [0.2, 0.25) is 0 Å². The van der Waals surface area contributed by atoms with Crippen LogP contribution >= 0.6 is 0 Å². The van der Waals surface area contributed by atoms with Gasteiger partial charge in [0.15, 0.2) is 0 Å². The van der Waals surface area contributed by atoms with E-state index < -0.39 is 0 Å². The SMILES string of the molecule is CC1(C)c2ccccc2-c2ccc(N(c3ccccc3)c3ccc(C4CCc5cc6oc7ccccc7c6c(-c6ccc7c(c6)oc6ccccc67)c5-c5ccccc54)cc3)cc21. The zero-order chi connectivity index (χ0) is 41.8. The smallest absolute Gasteiger partial charge is 0.136 e. The van der Waals surface area contributed by atoms with Crippen molar-refractivity contribution in [2.45, 2.75) is 38.0 Å². The molecule has 0 radical (unpaired) electrons. The van der Waals surface area contributed by atoms with Crippen molar-refractivity contribution in [1.29, 1.82) is 0 Å². The zero-order valence-corrected chi connectivity index (χ0v) is 35.2. The van der Waals surface area contributed by atoms with Crippen LogP contribution in [0.5, 0.6) is 0 Å². The normalized spacial score (nSPS) is 15.0. The minimum Gasteiger partial charge on any atom is -0.456 e. The average Bonchev–Trinajstić information content (AvgIpc) is 3.92. The van der Waals surface area contributed by atoms with Gasteiger partial charge in [-0.05, 0) is 135 Å². The molecule has 13 rings (SSSR count). The Morgan fingerprint density at radius 2 is 1.10 bits per heavy atom. The van der Waals surface area contributed by atoms with Gasteiger partial charge in [0.05, 0.1) is 0 Å². The van der Waals surface area contributed by atoms with Crippen LogP contribution in [0.4, 0.5) is 17.1 Å². The first-order valence-electron chi connectivity index (χ1n) is 22.2. The molecule has 0 aliphatic heterocycles. The van der Waals surface area contributed by atoms with E-state index >= 15 is 0 Å². The molecule has 300 valence electrons. The van der Waals surface area contributed by atoms with Gasteiger partial charge in [-0.15, -0.1) is 0 Å². The number of benzene rings is 9. The standard InChI is InChI=1S/C60H43NO2/c1-60(2)51-21-11-8-17-45(51)46-33-30-42(36-52(46)60)61(40-14-4-3-5-15-40)41-28-24-37(25-29-41)43-31-26-38-35-56-59(50-20-10-13-23-54(50)63-56)58(57(38)49-19-7-6-16-44(43)49)39-27-32-48-47-18-9-12-22-53(47)62-55(48)34-39/h3-25,27-30,32-36,43H,26,31H2,1-2H3. The number of furan rings is 2. The van der Waals surface area contributed by atoms with E-state index in [0.717, 1.165) is 79.3 Å². The van der Waals surface area contributed by atoms with E-state index in [9.17, 15) is 0 Å². The monoisotopic (exact) mass is 809 g/mol. The van der Waals surface area contributed by atoms with Gasteiger partial charge in [-0.2, -0.15) is 0 Å². The molecule has 0 spiro atoms. The van der Waals surface area contributed by atoms with E-state index in [4.69, 9.17) is 8.83 Å². The quantitative estimate of drug-likeness (QED) is 0.173. The van der Waals surface area contributed by atoms with Gasteiger partial charge in [-0.25, -0.2) is 0 Å². The Bertz CT molecular complexity index is 3610. The number of rotatable bonds is 5. The maximum atomic E-state index is 6.69. The minimum absolute atomic E-state index is 0.0890. The maximum Gasteiger partial charge on any atom is 0.136 e. The van der Waals surface area contributed by atoms with E-state index in [1.165, 1.54) is 55.6 Å². The Balaban J connectivity index is 0.943. The first-order valence-corrected chi connectivity index (χ1v) is 22.2. The van der Waals surface area contributed by atoms with Crippen LogP contribution in [0.25, 0.3) is 77.3 Å².